The first-order valence-corrected chi connectivity index (χ1v) is 7.63. The minimum atomic E-state index is -0.903. The minimum absolute atomic E-state index is 0.0478. The fourth-order valence-corrected chi connectivity index (χ4v) is 3.17. The second kappa shape index (κ2) is 6.83. The zero-order chi connectivity index (χ0) is 15.4. The van der Waals surface area contributed by atoms with Gasteiger partial charge in [-0.25, -0.2) is 0 Å². The van der Waals surface area contributed by atoms with Crippen LogP contribution in [0.3, 0.4) is 0 Å². The maximum Gasteiger partial charge on any atom is 0.312 e. The lowest BCUT2D eigenvalue weighted by molar-refractivity contribution is -0.138. The van der Waals surface area contributed by atoms with Crippen LogP contribution in [0, 0.1) is 0 Å². The lowest BCUT2D eigenvalue weighted by Gasteiger charge is -2.12. The number of carboxylic acids is 1. The zero-order valence-corrected chi connectivity index (χ0v) is 12.9. The van der Waals surface area contributed by atoms with E-state index in [0.29, 0.717) is 28.0 Å². The van der Waals surface area contributed by atoms with Crippen LogP contribution in [0.2, 0.25) is 4.34 Å². The summed E-state index contributed by atoms with van der Waals surface area (Å²) in [5, 5.41) is 19.1. The number of thiophene rings is 1. The van der Waals surface area contributed by atoms with Crippen LogP contribution in [0.1, 0.15) is 23.3 Å². The molecule has 1 atom stereocenters. The summed E-state index contributed by atoms with van der Waals surface area (Å²) >= 11 is 7.14. The van der Waals surface area contributed by atoms with E-state index in [9.17, 15) is 15.0 Å². The van der Waals surface area contributed by atoms with Crippen molar-refractivity contribution in [1.82, 2.24) is 0 Å². The van der Waals surface area contributed by atoms with Crippen LogP contribution in [0.25, 0.3) is 0 Å². The monoisotopic (exact) mass is 326 g/mol. The Morgan fingerprint density at radius 1 is 1.38 bits per heavy atom. The minimum Gasteiger partial charge on any atom is -0.504 e. The molecule has 0 spiro atoms. The normalized spacial score (nSPS) is 12.1. The van der Waals surface area contributed by atoms with E-state index in [1.54, 1.807) is 24.3 Å². The molecule has 4 nitrogen and oxygen atoms in total. The molecule has 112 valence electrons. The standard InChI is InChI=1S/C15H15ClO4S/c1-2-20-12-8-9(3-4-11(12)17)7-10(15(18)19)13-5-6-14(16)21-13/h3-6,8,10,17H,2,7H2,1H3,(H,18,19). The third-order valence-electron chi connectivity index (χ3n) is 3.00. The third kappa shape index (κ3) is 3.89. The molecule has 0 aliphatic heterocycles. The van der Waals surface area contributed by atoms with Crippen LogP contribution >= 0.6 is 22.9 Å². The summed E-state index contributed by atoms with van der Waals surface area (Å²) in [5.74, 6) is -1.16. The van der Waals surface area contributed by atoms with Crippen LogP contribution in [-0.2, 0) is 11.2 Å². The lowest BCUT2D eigenvalue weighted by Crippen LogP contribution is -2.13. The molecule has 21 heavy (non-hydrogen) atoms. The van der Waals surface area contributed by atoms with Gasteiger partial charge < -0.3 is 14.9 Å². The second-order valence-corrected chi connectivity index (χ2v) is 6.22. The SMILES string of the molecule is CCOc1cc(CC(C(=O)O)c2ccc(Cl)s2)ccc1O. The average molecular weight is 327 g/mol. The second-order valence-electron chi connectivity index (χ2n) is 4.47. The molecule has 2 N–H and O–H groups in total. The van der Waals surface area contributed by atoms with E-state index in [-0.39, 0.29) is 5.75 Å². The van der Waals surface area contributed by atoms with E-state index in [4.69, 9.17) is 16.3 Å². The number of phenols is 1. The van der Waals surface area contributed by atoms with E-state index in [0.717, 1.165) is 5.56 Å². The molecule has 2 aromatic rings. The highest BCUT2D eigenvalue weighted by atomic mass is 35.5. The number of hydrogen-bond donors (Lipinski definition) is 2. The number of ether oxygens (including phenoxy) is 1. The molecule has 0 bridgehead atoms. The van der Waals surface area contributed by atoms with Gasteiger partial charge >= 0.3 is 5.97 Å². The van der Waals surface area contributed by atoms with Crippen molar-refractivity contribution in [2.24, 2.45) is 0 Å². The van der Waals surface area contributed by atoms with Crippen molar-refractivity contribution in [3.63, 3.8) is 0 Å². The Balaban J connectivity index is 2.25. The van der Waals surface area contributed by atoms with Crippen molar-refractivity contribution in [3.05, 3.63) is 45.1 Å². The summed E-state index contributed by atoms with van der Waals surface area (Å²) < 4.78 is 5.88. The van der Waals surface area contributed by atoms with E-state index in [2.05, 4.69) is 0 Å². The molecule has 0 aliphatic rings. The summed E-state index contributed by atoms with van der Waals surface area (Å²) in [5.41, 5.74) is 0.785. The average Bonchev–Trinajstić information content (AvgIpc) is 2.85. The van der Waals surface area contributed by atoms with Crippen molar-refractivity contribution in [2.75, 3.05) is 6.61 Å². The van der Waals surface area contributed by atoms with Crippen molar-refractivity contribution in [2.45, 2.75) is 19.3 Å². The van der Waals surface area contributed by atoms with E-state index < -0.39 is 11.9 Å². The van der Waals surface area contributed by atoms with E-state index >= 15 is 0 Å². The summed E-state index contributed by atoms with van der Waals surface area (Å²) in [7, 11) is 0. The Bertz CT molecular complexity index is 638. The lowest BCUT2D eigenvalue weighted by atomic mass is 9.97. The number of carboxylic acid groups (broad SMARTS) is 1. The molecular weight excluding hydrogens is 312 g/mol. The van der Waals surface area contributed by atoms with Crippen LogP contribution in [-0.4, -0.2) is 22.8 Å². The van der Waals surface area contributed by atoms with Gasteiger partial charge in [0, 0.05) is 4.88 Å². The van der Waals surface area contributed by atoms with Gasteiger partial charge in [0.1, 0.15) is 0 Å². The highest BCUT2D eigenvalue weighted by Crippen LogP contribution is 2.33. The topological polar surface area (TPSA) is 66.8 Å². The first-order chi connectivity index (χ1) is 10.0. The molecule has 0 radical (unpaired) electrons. The number of halogens is 1. The van der Waals surface area contributed by atoms with Crippen LogP contribution in [0.5, 0.6) is 11.5 Å². The summed E-state index contributed by atoms with van der Waals surface area (Å²) in [6, 6.07) is 8.31. The smallest absolute Gasteiger partial charge is 0.312 e. The molecular formula is C15H15ClO4S. The fourth-order valence-electron chi connectivity index (χ4n) is 2.02. The first-order valence-electron chi connectivity index (χ1n) is 6.44. The molecule has 0 aliphatic carbocycles. The van der Waals surface area contributed by atoms with Gasteiger partial charge in [0.25, 0.3) is 0 Å². The highest BCUT2D eigenvalue weighted by molar-refractivity contribution is 7.16. The van der Waals surface area contributed by atoms with E-state index in [1.165, 1.54) is 17.4 Å². The molecule has 1 aromatic heterocycles. The molecule has 0 saturated heterocycles. The number of aliphatic carboxylic acids is 1. The number of carbonyl (C=O) groups is 1. The number of benzene rings is 1. The van der Waals surface area contributed by atoms with Gasteiger partial charge in [-0.1, -0.05) is 17.7 Å². The van der Waals surface area contributed by atoms with E-state index in [1.807, 2.05) is 6.92 Å². The maximum absolute atomic E-state index is 11.5. The summed E-state index contributed by atoms with van der Waals surface area (Å²) in [6.07, 6.45) is 0.312. The Labute approximate surface area is 131 Å². The Morgan fingerprint density at radius 3 is 2.71 bits per heavy atom. The van der Waals surface area contributed by atoms with Crippen molar-refractivity contribution < 1.29 is 19.7 Å². The summed E-state index contributed by atoms with van der Waals surface area (Å²) in [4.78, 5) is 12.2. The Hall–Kier alpha value is -1.72. The Kier molecular flexibility index (Phi) is 5.09. The molecule has 1 unspecified atom stereocenters. The first kappa shape index (κ1) is 15.7. The number of rotatable bonds is 6. The van der Waals surface area contributed by atoms with Crippen molar-refractivity contribution >= 4 is 28.9 Å². The fraction of sp³-hybridized carbons (Fsp3) is 0.267. The molecule has 0 fully saturated rings. The molecule has 0 saturated carbocycles. The van der Waals surface area contributed by atoms with Crippen molar-refractivity contribution in [3.8, 4) is 11.5 Å². The van der Waals surface area contributed by atoms with Gasteiger partial charge in [0.05, 0.1) is 16.9 Å². The van der Waals surface area contributed by atoms with Gasteiger partial charge in [-0.3, -0.25) is 4.79 Å². The molecule has 2 rings (SSSR count). The quantitative estimate of drug-likeness (QED) is 0.844. The zero-order valence-electron chi connectivity index (χ0n) is 11.4. The third-order valence-corrected chi connectivity index (χ3v) is 4.34. The summed E-state index contributed by atoms with van der Waals surface area (Å²) in [6.45, 7) is 2.25. The van der Waals surface area contributed by atoms with Gasteiger partial charge in [0.15, 0.2) is 11.5 Å². The van der Waals surface area contributed by atoms with Gasteiger partial charge in [-0.05, 0) is 43.2 Å². The number of hydrogen-bond acceptors (Lipinski definition) is 4. The Morgan fingerprint density at radius 2 is 2.14 bits per heavy atom. The molecule has 1 aromatic carbocycles. The predicted octanol–water partition coefficient (Wildman–Crippen LogP) is 3.92. The number of phenolic OH excluding ortho intramolecular Hbond substituents is 1. The van der Waals surface area contributed by atoms with Crippen LogP contribution in [0.4, 0.5) is 0 Å². The highest BCUT2D eigenvalue weighted by Gasteiger charge is 2.22. The van der Waals surface area contributed by atoms with Gasteiger partial charge in [-0.2, -0.15) is 0 Å². The van der Waals surface area contributed by atoms with Crippen LogP contribution < -0.4 is 4.74 Å². The predicted molar refractivity (Wildman–Crippen MR) is 82.7 cm³/mol. The number of aromatic hydroxyl groups is 1. The van der Waals surface area contributed by atoms with Crippen LogP contribution in [0.15, 0.2) is 30.3 Å². The molecule has 6 heteroatoms. The largest absolute Gasteiger partial charge is 0.504 e. The van der Waals surface area contributed by atoms with Crippen molar-refractivity contribution in [1.29, 1.82) is 0 Å². The maximum atomic E-state index is 11.5. The molecule has 1 heterocycles. The van der Waals surface area contributed by atoms with Gasteiger partial charge in [-0.15, -0.1) is 11.3 Å². The van der Waals surface area contributed by atoms with Gasteiger partial charge in [0.2, 0.25) is 0 Å². The molecule has 0 amide bonds.